The molecule has 312 valence electrons. The first-order valence-electron chi connectivity index (χ1n) is 19.8. The van der Waals surface area contributed by atoms with E-state index in [1.54, 1.807) is 33.3 Å². The third kappa shape index (κ3) is 8.70. The van der Waals surface area contributed by atoms with Crippen LogP contribution >= 0.6 is 11.8 Å². The summed E-state index contributed by atoms with van der Waals surface area (Å²) in [6, 6.07) is -0.278. The molecule has 56 heavy (non-hydrogen) atoms. The second-order valence-corrected chi connectivity index (χ2v) is 17.9. The number of cyclic esters (lactones) is 1. The third-order valence-corrected chi connectivity index (χ3v) is 13.8. The Balaban J connectivity index is 1.46. The summed E-state index contributed by atoms with van der Waals surface area (Å²) in [5.41, 5.74) is -1.20. The van der Waals surface area contributed by atoms with E-state index in [0.29, 0.717) is 30.7 Å². The monoisotopic (exact) mass is 803 g/mol. The van der Waals surface area contributed by atoms with Crippen molar-refractivity contribution in [2.75, 3.05) is 27.0 Å². The van der Waals surface area contributed by atoms with E-state index in [1.807, 2.05) is 51.3 Å². The van der Waals surface area contributed by atoms with Gasteiger partial charge in [0.05, 0.1) is 30.3 Å². The van der Waals surface area contributed by atoms with Gasteiger partial charge in [0.15, 0.2) is 23.3 Å². The van der Waals surface area contributed by atoms with Crippen molar-refractivity contribution in [1.82, 2.24) is 24.4 Å². The van der Waals surface area contributed by atoms with Crippen LogP contribution in [-0.4, -0.2) is 133 Å². The lowest BCUT2D eigenvalue weighted by Gasteiger charge is -2.47. The topological polar surface area (TPSA) is 181 Å². The normalized spacial score (nSPS) is 39.0. The van der Waals surface area contributed by atoms with Crippen LogP contribution in [0.1, 0.15) is 81.1 Å². The lowest BCUT2D eigenvalue weighted by molar-refractivity contribution is -0.295. The van der Waals surface area contributed by atoms with Crippen LogP contribution in [-0.2, 0) is 49.4 Å². The van der Waals surface area contributed by atoms with Crippen LogP contribution in [0.4, 0.5) is 0 Å². The van der Waals surface area contributed by atoms with Crippen LogP contribution in [0.25, 0.3) is 11.2 Å². The van der Waals surface area contributed by atoms with Gasteiger partial charge in [-0.3, -0.25) is 19.2 Å². The number of aryl methyl sites for hydroxylation is 1. The summed E-state index contributed by atoms with van der Waals surface area (Å²) in [7, 11) is 5.24. The fourth-order valence-corrected chi connectivity index (χ4v) is 10.6. The van der Waals surface area contributed by atoms with Gasteiger partial charge >= 0.3 is 11.9 Å². The fourth-order valence-electron chi connectivity index (χ4n) is 9.17. The molecule has 0 bridgehead atoms. The van der Waals surface area contributed by atoms with Gasteiger partial charge in [0.2, 0.25) is 0 Å². The van der Waals surface area contributed by atoms with Crippen molar-refractivity contribution in [3.8, 4) is 0 Å². The average molecular weight is 804 g/mol. The van der Waals surface area contributed by atoms with E-state index in [1.165, 1.54) is 32.1 Å². The van der Waals surface area contributed by atoms with Gasteiger partial charge < -0.3 is 38.3 Å². The number of ketones is 2. The number of fused-ring (bicyclic) bond motifs is 2. The summed E-state index contributed by atoms with van der Waals surface area (Å²) >= 11 is 1.42. The van der Waals surface area contributed by atoms with Gasteiger partial charge in [-0.25, -0.2) is 15.0 Å². The summed E-state index contributed by atoms with van der Waals surface area (Å²) in [6.07, 6.45) is 2.12. The van der Waals surface area contributed by atoms with Crippen molar-refractivity contribution < 1.29 is 48.0 Å². The first-order chi connectivity index (χ1) is 26.4. The molecule has 14 atom stereocenters. The minimum Gasteiger partial charge on any atom is -0.458 e. The van der Waals surface area contributed by atoms with Crippen molar-refractivity contribution >= 4 is 46.4 Å². The molecule has 1 N–H and O–H groups in total. The highest BCUT2D eigenvalue weighted by atomic mass is 32.2. The number of aliphatic hydroxyl groups is 1. The van der Waals surface area contributed by atoms with Crippen molar-refractivity contribution in [3.63, 3.8) is 0 Å². The number of thioether (sulfide) groups is 1. The number of methoxy groups -OCH3 is 1. The Morgan fingerprint density at radius 1 is 1.04 bits per heavy atom. The number of carbonyl (C=O) groups excluding carboxylic acids is 4. The number of rotatable bonds is 10. The number of esters is 2. The molecule has 0 aliphatic carbocycles. The molecule has 3 fully saturated rings. The van der Waals surface area contributed by atoms with Crippen molar-refractivity contribution in [2.45, 2.75) is 141 Å². The molecular weight excluding hydrogens is 743 g/mol. The van der Waals surface area contributed by atoms with E-state index in [4.69, 9.17) is 23.7 Å². The second-order valence-electron chi connectivity index (χ2n) is 16.6. The molecule has 0 unspecified atom stereocenters. The van der Waals surface area contributed by atoms with Gasteiger partial charge in [0.1, 0.15) is 41.0 Å². The standard InChI is InChI=1S/C40H61N5O10S/c1-12-28-40(8)29(33(37(50)55-40)56-15-13-14-45-20-43-26-18-41-19-42-35(26)45)23(4)30(46)21(2)17-39(7,51-11)34(24(5)31(47)25(6)36(49)53-28)54-38-32(48)27(44(9)10)16-22(3)52-38/h18-25,27-29,32-34,38,48H,12-17H2,1-11H3/t21-,22-,23-,24+,25-,27+,28-,29+,32-,33+,34-,38+,39-,40-/m1/s1. The number of nitrogens with zero attached hydrogens (tertiary/aromatic N) is 5. The summed E-state index contributed by atoms with van der Waals surface area (Å²) in [6.45, 7) is 14.6. The van der Waals surface area contributed by atoms with Crippen molar-refractivity contribution in [3.05, 3.63) is 18.9 Å². The van der Waals surface area contributed by atoms with Gasteiger partial charge in [-0.15, -0.1) is 11.8 Å². The first kappa shape index (κ1) is 44.1. The Morgan fingerprint density at radius 2 is 1.75 bits per heavy atom. The number of aromatic nitrogens is 4. The molecule has 0 spiro atoms. The number of ether oxygens (including phenoxy) is 5. The van der Waals surface area contributed by atoms with Crippen LogP contribution in [0.15, 0.2) is 18.9 Å². The van der Waals surface area contributed by atoms with Crippen molar-refractivity contribution in [2.24, 2.45) is 29.6 Å². The Hall–Kier alpha value is -3.02. The van der Waals surface area contributed by atoms with Crippen LogP contribution in [0.3, 0.4) is 0 Å². The molecule has 0 aromatic carbocycles. The van der Waals surface area contributed by atoms with Gasteiger partial charge in [0.25, 0.3) is 0 Å². The summed E-state index contributed by atoms with van der Waals surface area (Å²) in [5.74, 6) is -5.42. The van der Waals surface area contributed by atoms with E-state index >= 15 is 0 Å². The van der Waals surface area contributed by atoms with E-state index in [2.05, 4.69) is 15.0 Å². The molecule has 0 saturated carbocycles. The smallest absolute Gasteiger partial charge is 0.320 e. The van der Waals surface area contributed by atoms with E-state index in [-0.39, 0.29) is 30.8 Å². The lowest BCUT2D eigenvalue weighted by Crippen LogP contribution is -2.59. The van der Waals surface area contributed by atoms with Gasteiger partial charge in [0, 0.05) is 43.4 Å². The molecule has 3 aliphatic rings. The minimum atomic E-state index is -1.35. The zero-order valence-electron chi connectivity index (χ0n) is 34.7. The zero-order chi connectivity index (χ0) is 41.3. The number of Topliss-reactive ketones (excluding diaryl/α,β-unsaturated/α-hetero) is 2. The molecular formula is C40H61N5O10S. The molecule has 15 nitrogen and oxygen atoms in total. The molecule has 16 heteroatoms. The number of carbonyl (C=O) groups is 4. The van der Waals surface area contributed by atoms with Crippen LogP contribution in [0, 0.1) is 29.6 Å². The number of imidazole rings is 1. The van der Waals surface area contributed by atoms with Crippen molar-refractivity contribution in [1.29, 1.82) is 0 Å². The maximum absolute atomic E-state index is 14.7. The molecule has 5 rings (SSSR count). The summed E-state index contributed by atoms with van der Waals surface area (Å²) in [4.78, 5) is 71.4. The molecule has 2 aromatic heterocycles. The summed E-state index contributed by atoms with van der Waals surface area (Å²) < 4.78 is 33.2. The molecule has 5 heterocycles. The Kier molecular flexibility index (Phi) is 14.1. The van der Waals surface area contributed by atoms with Gasteiger partial charge in [-0.2, -0.15) is 0 Å². The number of likely N-dealkylation sites (N-methyl/N-ethyl adjacent to an activating group) is 1. The lowest BCUT2D eigenvalue weighted by atomic mass is 9.70. The maximum Gasteiger partial charge on any atom is 0.320 e. The van der Waals surface area contributed by atoms with Crippen LogP contribution in [0.5, 0.6) is 0 Å². The van der Waals surface area contributed by atoms with Gasteiger partial charge in [-0.1, -0.05) is 27.7 Å². The van der Waals surface area contributed by atoms with Crippen LogP contribution in [0.2, 0.25) is 0 Å². The van der Waals surface area contributed by atoms with Gasteiger partial charge in [-0.05, 0) is 73.2 Å². The molecule has 0 amide bonds. The quantitative estimate of drug-likeness (QED) is 0.208. The first-order valence-corrected chi connectivity index (χ1v) is 20.9. The van der Waals surface area contributed by atoms with E-state index in [9.17, 15) is 24.3 Å². The van der Waals surface area contributed by atoms with E-state index in [0.717, 1.165) is 5.65 Å². The number of hydrogen-bond acceptors (Lipinski definition) is 15. The highest BCUT2D eigenvalue weighted by molar-refractivity contribution is 8.00. The summed E-state index contributed by atoms with van der Waals surface area (Å²) in [5, 5.41) is 10.7. The third-order valence-electron chi connectivity index (χ3n) is 12.4. The number of hydrogen-bond donors (Lipinski definition) is 1. The maximum atomic E-state index is 14.7. The molecule has 2 aromatic rings. The highest BCUT2D eigenvalue weighted by Gasteiger charge is 2.61. The minimum absolute atomic E-state index is 0.127. The highest BCUT2D eigenvalue weighted by Crippen LogP contribution is 2.49. The number of aliphatic hydroxyl groups excluding tert-OH is 1. The predicted octanol–water partition coefficient (Wildman–Crippen LogP) is 3.87. The molecule has 3 aliphatic heterocycles. The Bertz CT molecular complexity index is 1730. The van der Waals surface area contributed by atoms with E-state index < -0.39 is 88.4 Å². The molecule has 3 saturated heterocycles. The Labute approximate surface area is 334 Å². The second kappa shape index (κ2) is 17.9. The SMILES string of the molecule is CC[C@H]1OC(=O)[C@H](C)C(=O)[C@H](C)[C@@H](O[C@@H]2O[C@H](C)C[C@H](N(C)C)[C@H]2O)[C@](C)(OC)C[C@@H](C)C(=O)[C@H](C)[C@H]2[C@H](SCCCn3cnc4cncnc43)C(=O)O[C@@]21C. The fraction of sp³-hybridized carbons (Fsp3) is 0.775. The predicted molar refractivity (Wildman–Crippen MR) is 208 cm³/mol. The average Bonchev–Trinajstić information content (AvgIpc) is 3.70. The molecule has 0 radical (unpaired) electrons. The Morgan fingerprint density at radius 3 is 2.41 bits per heavy atom. The van der Waals surface area contributed by atoms with Crippen LogP contribution < -0.4 is 0 Å². The largest absolute Gasteiger partial charge is 0.458 e. The zero-order valence-corrected chi connectivity index (χ0v) is 35.5.